The first-order valence-corrected chi connectivity index (χ1v) is 4.80. The van der Waals surface area contributed by atoms with E-state index in [0.29, 0.717) is 12.0 Å². The van der Waals surface area contributed by atoms with Crippen LogP contribution in [-0.2, 0) is 6.42 Å². The lowest BCUT2D eigenvalue weighted by molar-refractivity contribution is 0.429. The van der Waals surface area contributed by atoms with Gasteiger partial charge in [0.2, 0.25) is 0 Å². The van der Waals surface area contributed by atoms with Gasteiger partial charge < -0.3 is 5.11 Å². The molecule has 1 nitrogen and oxygen atoms in total. The zero-order chi connectivity index (χ0) is 8.27. The van der Waals surface area contributed by atoms with Crippen LogP contribution in [0.5, 0.6) is 5.75 Å². The van der Waals surface area contributed by atoms with Gasteiger partial charge in [0, 0.05) is 4.43 Å². The van der Waals surface area contributed by atoms with Crippen molar-refractivity contribution in [3.8, 4) is 5.75 Å². The van der Waals surface area contributed by atoms with Gasteiger partial charge in [-0.05, 0) is 18.1 Å². The maximum Gasteiger partial charge on any atom is 0.168 e. The van der Waals surface area contributed by atoms with Crippen molar-refractivity contribution in [1.29, 1.82) is 0 Å². The first-order valence-electron chi connectivity index (χ1n) is 3.28. The van der Waals surface area contributed by atoms with E-state index in [0.717, 1.165) is 4.43 Å². The second-order valence-corrected chi connectivity index (χ2v) is 3.27. The molecule has 0 saturated carbocycles. The number of alkyl halides is 1. The summed E-state index contributed by atoms with van der Waals surface area (Å²) in [6.07, 6.45) is 0.667. The van der Waals surface area contributed by atoms with E-state index >= 15 is 0 Å². The first kappa shape index (κ1) is 8.77. The molecule has 0 spiro atoms. The van der Waals surface area contributed by atoms with E-state index in [2.05, 4.69) is 22.6 Å². The molecule has 0 aromatic heterocycles. The molecule has 0 aliphatic carbocycles. The van der Waals surface area contributed by atoms with Crippen LogP contribution < -0.4 is 0 Å². The van der Waals surface area contributed by atoms with Crippen molar-refractivity contribution in [3.63, 3.8) is 0 Å². The summed E-state index contributed by atoms with van der Waals surface area (Å²) in [7, 11) is 0. The highest BCUT2D eigenvalue weighted by Crippen LogP contribution is 2.19. The van der Waals surface area contributed by atoms with Crippen LogP contribution in [0.2, 0.25) is 0 Å². The molecule has 0 heterocycles. The van der Waals surface area contributed by atoms with Gasteiger partial charge in [-0.1, -0.05) is 34.7 Å². The largest absolute Gasteiger partial charge is 0.505 e. The molecule has 60 valence electrons. The molecule has 0 aliphatic rings. The highest BCUT2D eigenvalue weighted by atomic mass is 127. The molecular formula is C8H8FIO. The summed E-state index contributed by atoms with van der Waals surface area (Å²) in [5.41, 5.74) is 0.583. The summed E-state index contributed by atoms with van der Waals surface area (Å²) in [6, 6.07) is 4.69. The quantitative estimate of drug-likeness (QED) is 0.644. The normalized spacial score (nSPS) is 10.0. The average molecular weight is 266 g/mol. The van der Waals surface area contributed by atoms with Gasteiger partial charge in [-0.2, -0.15) is 0 Å². The van der Waals surface area contributed by atoms with Crippen LogP contribution in [0.3, 0.4) is 0 Å². The molecule has 0 saturated heterocycles. The van der Waals surface area contributed by atoms with Gasteiger partial charge in [-0.3, -0.25) is 0 Å². The topological polar surface area (TPSA) is 20.2 Å². The Hall–Kier alpha value is -0.320. The monoisotopic (exact) mass is 266 g/mol. The first-order chi connectivity index (χ1) is 5.25. The Morgan fingerprint density at radius 3 is 2.82 bits per heavy atom. The highest BCUT2D eigenvalue weighted by molar-refractivity contribution is 14.1. The van der Waals surface area contributed by atoms with Crippen LogP contribution in [0.1, 0.15) is 5.56 Å². The minimum atomic E-state index is -0.482. The van der Waals surface area contributed by atoms with E-state index < -0.39 is 5.82 Å². The number of aromatic hydroxyl groups is 1. The van der Waals surface area contributed by atoms with E-state index in [9.17, 15) is 4.39 Å². The SMILES string of the molecule is Oc1cccc(CCI)c1F. The van der Waals surface area contributed by atoms with E-state index in [1.807, 2.05) is 0 Å². The summed E-state index contributed by atoms with van der Waals surface area (Å²) < 4.78 is 13.8. The summed E-state index contributed by atoms with van der Waals surface area (Å²) in [6.45, 7) is 0. The molecule has 0 radical (unpaired) electrons. The van der Waals surface area contributed by atoms with Gasteiger partial charge in [0.05, 0.1) is 0 Å². The van der Waals surface area contributed by atoms with Gasteiger partial charge in [-0.15, -0.1) is 0 Å². The van der Waals surface area contributed by atoms with Gasteiger partial charge in [0.1, 0.15) is 0 Å². The van der Waals surface area contributed by atoms with Crippen molar-refractivity contribution >= 4 is 22.6 Å². The maximum absolute atomic E-state index is 12.9. The minimum absolute atomic E-state index is 0.257. The van der Waals surface area contributed by atoms with Crippen LogP contribution in [0, 0.1) is 5.82 Å². The number of phenols is 1. The molecule has 1 N–H and O–H groups in total. The third kappa shape index (κ3) is 2.05. The number of aryl methyl sites for hydroxylation is 1. The third-order valence-corrected chi connectivity index (χ3v) is 1.96. The molecule has 1 aromatic carbocycles. The highest BCUT2D eigenvalue weighted by Gasteiger charge is 2.04. The number of rotatable bonds is 2. The number of hydrogen-bond acceptors (Lipinski definition) is 1. The molecule has 1 aromatic rings. The zero-order valence-corrected chi connectivity index (χ0v) is 8.01. The fraction of sp³-hybridized carbons (Fsp3) is 0.250. The Morgan fingerprint density at radius 2 is 2.18 bits per heavy atom. The second kappa shape index (κ2) is 3.90. The van der Waals surface area contributed by atoms with Crippen molar-refractivity contribution in [2.45, 2.75) is 6.42 Å². The average Bonchev–Trinajstić information content (AvgIpc) is 1.99. The third-order valence-electron chi connectivity index (χ3n) is 1.42. The van der Waals surface area contributed by atoms with Gasteiger partial charge >= 0.3 is 0 Å². The Balaban J connectivity index is 2.96. The maximum atomic E-state index is 12.9. The van der Waals surface area contributed by atoms with Gasteiger partial charge in [0.25, 0.3) is 0 Å². The van der Waals surface area contributed by atoms with Crippen molar-refractivity contribution in [2.24, 2.45) is 0 Å². The van der Waals surface area contributed by atoms with Crippen molar-refractivity contribution in [3.05, 3.63) is 29.6 Å². The standard InChI is InChI=1S/C8H8FIO/c9-8-6(4-5-10)2-1-3-7(8)11/h1-3,11H,4-5H2. The molecular weight excluding hydrogens is 258 g/mol. The van der Waals surface area contributed by atoms with Gasteiger partial charge in [-0.25, -0.2) is 4.39 Å². The number of phenolic OH excluding ortho intramolecular Hbond substituents is 1. The molecule has 0 aliphatic heterocycles. The van der Waals surface area contributed by atoms with Crippen LogP contribution in [0.25, 0.3) is 0 Å². The molecule has 0 unspecified atom stereocenters. The summed E-state index contributed by atoms with van der Waals surface area (Å²) in [4.78, 5) is 0. The van der Waals surface area contributed by atoms with Crippen LogP contribution in [-0.4, -0.2) is 9.53 Å². The van der Waals surface area contributed by atoms with Crippen molar-refractivity contribution in [2.75, 3.05) is 4.43 Å². The predicted octanol–water partition coefficient (Wildman–Crippen LogP) is 2.51. The smallest absolute Gasteiger partial charge is 0.168 e. The number of benzene rings is 1. The fourth-order valence-corrected chi connectivity index (χ4v) is 1.44. The molecule has 3 heteroatoms. The molecule has 0 bridgehead atoms. The van der Waals surface area contributed by atoms with E-state index in [4.69, 9.17) is 5.11 Å². The Morgan fingerprint density at radius 1 is 1.45 bits per heavy atom. The molecule has 1 rings (SSSR count). The van der Waals surface area contributed by atoms with E-state index in [1.165, 1.54) is 6.07 Å². The lowest BCUT2D eigenvalue weighted by Gasteiger charge is -2.00. The molecule has 0 amide bonds. The second-order valence-electron chi connectivity index (χ2n) is 2.19. The summed E-state index contributed by atoms with van der Waals surface area (Å²) >= 11 is 2.17. The predicted molar refractivity (Wildman–Crippen MR) is 50.7 cm³/mol. The lowest BCUT2D eigenvalue weighted by Crippen LogP contribution is -1.90. The van der Waals surface area contributed by atoms with Crippen molar-refractivity contribution < 1.29 is 9.50 Å². The zero-order valence-electron chi connectivity index (χ0n) is 5.85. The Kier molecular flexibility index (Phi) is 3.11. The summed E-state index contributed by atoms with van der Waals surface area (Å²) in [5, 5.41) is 8.95. The van der Waals surface area contributed by atoms with E-state index in [1.54, 1.807) is 12.1 Å². The van der Waals surface area contributed by atoms with Gasteiger partial charge in [0.15, 0.2) is 11.6 Å². The van der Waals surface area contributed by atoms with E-state index in [-0.39, 0.29) is 5.75 Å². The fourth-order valence-electron chi connectivity index (χ4n) is 0.861. The summed E-state index contributed by atoms with van der Waals surface area (Å²) in [5.74, 6) is -0.739. The minimum Gasteiger partial charge on any atom is -0.505 e. The lowest BCUT2D eigenvalue weighted by atomic mass is 10.1. The molecule has 11 heavy (non-hydrogen) atoms. The molecule has 0 fully saturated rings. The Bertz CT molecular complexity index is 250. The molecule has 0 atom stereocenters. The van der Waals surface area contributed by atoms with Crippen LogP contribution in [0.4, 0.5) is 4.39 Å². The van der Waals surface area contributed by atoms with Crippen molar-refractivity contribution in [1.82, 2.24) is 0 Å². The van der Waals surface area contributed by atoms with Crippen LogP contribution in [0.15, 0.2) is 18.2 Å². The Labute approximate surface area is 78.4 Å². The number of hydrogen-bond donors (Lipinski definition) is 1. The van der Waals surface area contributed by atoms with Crippen LogP contribution >= 0.6 is 22.6 Å². The number of halogens is 2.